The summed E-state index contributed by atoms with van der Waals surface area (Å²) in [4.78, 5) is 14.1. The first-order valence-electron chi connectivity index (χ1n) is 7.78. The Morgan fingerprint density at radius 2 is 1.92 bits per heavy atom. The molecule has 3 nitrogen and oxygen atoms in total. The first kappa shape index (κ1) is 17.8. The van der Waals surface area contributed by atoms with E-state index in [1.807, 2.05) is 0 Å². The molecule has 1 N–H and O–H groups in total. The van der Waals surface area contributed by atoms with Crippen LogP contribution in [0.2, 0.25) is 0 Å². The van der Waals surface area contributed by atoms with Crippen LogP contribution in [0, 0.1) is 0 Å². The highest BCUT2D eigenvalue weighted by atomic mass is 32.2. The largest absolute Gasteiger partial charge is 0.418 e. The summed E-state index contributed by atoms with van der Waals surface area (Å²) in [7, 11) is 0. The summed E-state index contributed by atoms with van der Waals surface area (Å²) in [6.45, 7) is 0.122. The molecule has 132 valence electrons. The van der Waals surface area contributed by atoms with E-state index in [4.69, 9.17) is 0 Å². The quantitative estimate of drug-likeness (QED) is 0.866. The predicted molar refractivity (Wildman–Crippen MR) is 89.5 cm³/mol. The number of alkyl halides is 3. The van der Waals surface area contributed by atoms with Crippen LogP contribution in [0.25, 0.3) is 0 Å². The Hall–Kier alpha value is -1.99. The standard InChI is InChI=1S/C18H16F3NO2S/c19-18(20,21)14-10-13(25-16-5-2-1-4-12(16)11-23)7-8-15(14)22-9-3-6-17(22)24/h1-2,4-5,7-8,10,23H,3,6,9,11H2. The van der Waals surface area contributed by atoms with E-state index in [-0.39, 0.29) is 24.6 Å². The summed E-state index contributed by atoms with van der Waals surface area (Å²) >= 11 is 1.16. The van der Waals surface area contributed by atoms with Crippen LogP contribution in [-0.2, 0) is 17.6 Å². The number of benzene rings is 2. The van der Waals surface area contributed by atoms with E-state index in [2.05, 4.69) is 0 Å². The van der Waals surface area contributed by atoms with Crippen LogP contribution < -0.4 is 4.90 Å². The van der Waals surface area contributed by atoms with E-state index in [0.717, 1.165) is 17.8 Å². The van der Waals surface area contributed by atoms with Gasteiger partial charge in [-0.2, -0.15) is 13.2 Å². The predicted octanol–water partition coefficient (Wildman–Crippen LogP) is 4.48. The number of nitrogens with zero attached hydrogens (tertiary/aromatic N) is 1. The summed E-state index contributed by atoms with van der Waals surface area (Å²) in [5, 5.41) is 9.36. The van der Waals surface area contributed by atoms with E-state index in [0.29, 0.717) is 28.3 Å². The van der Waals surface area contributed by atoms with Crippen molar-refractivity contribution in [3.8, 4) is 0 Å². The number of rotatable bonds is 4. The van der Waals surface area contributed by atoms with E-state index in [1.54, 1.807) is 30.3 Å². The van der Waals surface area contributed by atoms with Gasteiger partial charge in [0.05, 0.1) is 17.9 Å². The molecule has 0 aliphatic carbocycles. The molecule has 2 aromatic carbocycles. The Balaban J connectivity index is 1.98. The van der Waals surface area contributed by atoms with Crippen LogP contribution in [0.3, 0.4) is 0 Å². The van der Waals surface area contributed by atoms with Crippen molar-refractivity contribution in [1.29, 1.82) is 0 Å². The molecule has 0 saturated carbocycles. The summed E-state index contributed by atoms with van der Waals surface area (Å²) in [6, 6.07) is 11.0. The van der Waals surface area contributed by atoms with Crippen molar-refractivity contribution in [2.24, 2.45) is 0 Å². The van der Waals surface area contributed by atoms with Crippen molar-refractivity contribution in [3.05, 3.63) is 53.6 Å². The molecule has 1 saturated heterocycles. The van der Waals surface area contributed by atoms with Gasteiger partial charge >= 0.3 is 6.18 Å². The first-order valence-corrected chi connectivity index (χ1v) is 8.60. The molecule has 1 amide bonds. The fraction of sp³-hybridized carbons (Fsp3) is 0.278. The molecule has 3 rings (SSSR count). The molecule has 2 aromatic rings. The van der Waals surface area contributed by atoms with Crippen LogP contribution in [0.1, 0.15) is 24.0 Å². The molecule has 0 atom stereocenters. The van der Waals surface area contributed by atoms with Gasteiger partial charge < -0.3 is 10.0 Å². The van der Waals surface area contributed by atoms with Gasteiger partial charge in [0, 0.05) is 22.8 Å². The van der Waals surface area contributed by atoms with Crippen molar-refractivity contribution in [2.45, 2.75) is 35.4 Å². The van der Waals surface area contributed by atoms with Crippen LogP contribution in [0.15, 0.2) is 52.3 Å². The average molecular weight is 367 g/mol. The van der Waals surface area contributed by atoms with Gasteiger partial charge in [0.2, 0.25) is 5.91 Å². The minimum Gasteiger partial charge on any atom is -0.392 e. The minimum atomic E-state index is -4.55. The number of amides is 1. The van der Waals surface area contributed by atoms with Gasteiger partial charge in [0.25, 0.3) is 0 Å². The van der Waals surface area contributed by atoms with Gasteiger partial charge in [-0.1, -0.05) is 30.0 Å². The SMILES string of the molecule is O=C1CCCN1c1ccc(Sc2ccccc2CO)cc1C(F)(F)F. The minimum absolute atomic E-state index is 0.0882. The summed E-state index contributed by atoms with van der Waals surface area (Å²) in [6.07, 6.45) is -3.71. The second-order valence-electron chi connectivity index (χ2n) is 5.69. The van der Waals surface area contributed by atoms with E-state index in [9.17, 15) is 23.1 Å². The number of carbonyl (C=O) groups excluding carboxylic acids is 1. The Morgan fingerprint density at radius 1 is 1.16 bits per heavy atom. The van der Waals surface area contributed by atoms with E-state index >= 15 is 0 Å². The van der Waals surface area contributed by atoms with Gasteiger partial charge in [-0.05, 0) is 36.2 Å². The molecule has 25 heavy (non-hydrogen) atoms. The zero-order valence-corrected chi connectivity index (χ0v) is 14.0. The highest BCUT2D eigenvalue weighted by molar-refractivity contribution is 7.99. The lowest BCUT2D eigenvalue weighted by molar-refractivity contribution is -0.137. The van der Waals surface area contributed by atoms with Crippen molar-refractivity contribution in [3.63, 3.8) is 0 Å². The highest BCUT2D eigenvalue weighted by Gasteiger charge is 2.37. The number of carbonyl (C=O) groups is 1. The van der Waals surface area contributed by atoms with Gasteiger partial charge in [-0.25, -0.2) is 0 Å². The molecule has 0 unspecified atom stereocenters. The molecule has 1 aliphatic heterocycles. The van der Waals surface area contributed by atoms with Crippen LogP contribution in [-0.4, -0.2) is 17.6 Å². The summed E-state index contributed by atoms with van der Waals surface area (Å²) < 4.78 is 40.5. The average Bonchev–Trinajstić information content (AvgIpc) is 3.00. The third-order valence-corrected chi connectivity index (χ3v) is 5.12. The molecule has 0 radical (unpaired) electrons. The second kappa shape index (κ2) is 7.09. The fourth-order valence-electron chi connectivity index (χ4n) is 2.80. The zero-order chi connectivity index (χ0) is 18.0. The van der Waals surface area contributed by atoms with Crippen LogP contribution in [0.4, 0.5) is 18.9 Å². The topological polar surface area (TPSA) is 40.5 Å². The molecule has 0 aromatic heterocycles. The zero-order valence-electron chi connectivity index (χ0n) is 13.2. The van der Waals surface area contributed by atoms with Crippen molar-refractivity contribution >= 4 is 23.4 Å². The molecule has 0 spiro atoms. The Kier molecular flexibility index (Phi) is 5.06. The smallest absolute Gasteiger partial charge is 0.392 e. The highest BCUT2D eigenvalue weighted by Crippen LogP contribution is 2.41. The summed E-state index contributed by atoms with van der Waals surface area (Å²) in [5.41, 5.74) is -0.246. The lowest BCUT2D eigenvalue weighted by atomic mass is 10.1. The lowest BCUT2D eigenvalue weighted by Crippen LogP contribution is -2.26. The Bertz CT molecular complexity index is 792. The molecule has 1 fully saturated rings. The van der Waals surface area contributed by atoms with Gasteiger partial charge in [0.1, 0.15) is 0 Å². The van der Waals surface area contributed by atoms with Crippen LogP contribution >= 0.6 is 11.8 Å². The maximum absolute atomic E-state index is 13.5. The maximum Gasteiger partial charge on any atom is 0.418 e. The number of hydrogen-bond acceptors (Lipinski definition) is 3. The van der Waals surface area contributed by atoms with E-state index in [1.165, 1.54) is 11.0 Å². The van der Waals surface area contributed by atoms with Crippen molar-refractivity contribution in [1.82, 2.24) is 0 Å². The third kappa shape index (κ3) is 3.82. The number of halogens is 3. The van der Waals surface area contributed by atoms with Crippen LogP contribution in [0.5, 0.6) is 0 Å². The number of aliphatic hydroxyl groups is 1. The first-order chi connectivity index (χ1) is 11.9. The molecular weight excluding hydrogens is 351 g/mol. The molecular formula is C18H16F3NO2S. The number of hydrogen-bond donors (Lipinski definition) is 1. The normalized spacial score (nSPS) is 15.0. The number of aliphatic hydroxyl groups excluding tert-OH is 1. The monoisotopic (exact) mass is 367 g/mol. The fourth-order valence-corrected chi connectivity index (χ4v) is 3.78. The van der Waals surface area contributed by atoms with Gasteiger partial charge in [0.15, 0.2) is 0 Å². The Morgan fingerprint density at radius 3 is 2.56 bits per heavy atom. The molecule has 7 heteroatoms. The van der Waals surface area contributed by atoms with E-state index < -0.39 is 11.7 Å². The Labute approximate surface area is 147 Å². The molecule has 1 heterocycles. The lowest BCUT2D eigenvalue weighted by Gasteiger charge is -2.22. The van der Waals surface area contributed by atoms with Crippen molar-refractivity contribution < 1.29 is 23.1 Å². The second-order valence-corrected chi connectivity index (χ2v) is 6.81. The maximum atomic E-state index is 13.5. The third-order valence-electron chi connectivity index (χ3n) is 4.01. The molecule has 0 bridgehead atoms. The van der Waals surface area contributed by atoms with Crippen molar-refractivity contribution in [2.75, 3.05) is 11.4 Å². The molecule has 1 aliphatic rings. The summed E-state index contributed by atoms with van der Waals surface area (Å²) in [5.74, 6) is -0.281. The number of anilines is 1. The van der Waals surface area contributed by atoms with Gasteiger partial charge in [-0.15, -0.1) is 0 Å². The van der Waals surface area contributed by atoms with Gasteiger partial charge in [-0.3, -0.25) is 4.79 Å².